The number of benzene rings is 2. The molecule has 0 saturated carbocycles. The van der Waals surface area contributed by atoms with E-state index in [0.29, 0.717) is 22.7 Å². The molecule has 0 unspecified atom stereocenters. The zero-order chi connectivity index (χ0) is 24.1. The van der Waals surface area contributed by atoms with Crippen molar-refractivity contribution in [3.05, 3.63) is 71.4 Å². The van der Waals surface area contributed by atoms with E-state index >= 15 is 0 Å². The minimum atomic E-state index is -0.140. The summed E-state index contributed by atoms with van der Waals surface area (Å²) >= 11 is 2.73. The summed E-state index contributed by atoms with van der Waals surface area (Å²) in [7, 11) is 1.87. The number of aromatic nitrogens is 4. The second-order valence-corrected chi connectivity index (χ2v) is 10.6. The number of nitrogens with one attached hydrogen (secondary N) is 1. The lowest BCUT2D eigenvalue weighted by molar-refractivity contribution is -0.113. The molecule has 0 fully saturated rings. The maximum atomic E-state index is 12.4. The number of ether oxygens (including phenoxy) is 1. The number of thiazole rings is 1. The number of nitrogens with zero attached hydrogens (tertiary/aromatic N) is 4. The van der Waals surface area contributed by atoms with Crippen LogP contribution in [0, 0.1) is 0 Å². The Kier molecular flexibility index (Phi) is 7.33. The van der Waals surface area contributed by atoms with Crippen molar-refractivity contribution >= 4 is 34.1 Å². The number of carbonyl (C=O) groups is 1. The van der Waals surface area contributed by atoms with Crippen LogP contribution < -0.4 is 10.1 Å². The summed E-state index contributed by atoms with van der Waals surface area (Å²) in [6, 6.07) is 18.0. The Labute approximate surface area is 207 Å². The van der Waals surface area contributed by atoms with Gasteiger partial charge in [-0.05, 0) is 23.1 Å². The van der Waals surface area contributed by atoms with Gasteiger partial charge in [-0.1, -0.05) is 75.0 Å². The van der Waals surface area contributed by atoms with Crippen LogP contribution in [0.5, 0.6) is 5.75 Å². The van der Waals surface area contributed by atoms with Crippen LogP contribution >= 0.6 is 23.1 Å². The van der Waals surface area contributed by atoms with Gasteiger partial charge in [-0.15, -0.1) is 21.5 Å². The molecule has 0 aliphatic carbocycles. The summed E-state index contributed by atoms with van der Waals surface area (Å²) in [4.78, 5) is 16.9. The highest BCUT2D eigenvalue weighted by atomic mass is 32.2. The first kappa shape index (κ1) is 24.0. The van der Waals surface area contributed by atoms with Gasteiger partial charge in [-0.2, -0.15) is 0 Å². The van der Waals surface area contributed by atoms with E-state index in [0.717, 1.165) is 17.0 Å². The fourth-order valence-corrected chi connectivity index (χ4v) is 4.62. The van der Waals surface area contributed by atoms with Crippen LogP contribution in [-0.2, 0) is 23.9 Å². The molecule has 34 heavy (non-hydrogen) atoms. The van der Waals surface area contributed by atoms with Crippen LogP contribution in [0.3, 0.4) is 0 Å². The normalized spacial score (nSPS) is 11.4. The number of rotatable bonds is 8. The quantitative estimate of drug-likeness (QED) is 0.324. The minimum Gasteiger partial charge on any atom is -0.486 e. The van der Waals surface area contributed by atoms with E-state index in [-0.39, 0.29) is 17.1 Å². The smallest absolute Gasteiger partial charge is 0.236 e. The maximum Gasteiger partial charge on any atom is 0.236 e. The highest BCUT2D eigenvalue weighted by molar-refractivity contribution is 7.99. The number of carbonyl (C=O) groups excluding carboxylic acids is 1. The molecule has 4 aromatic rings. The molecule has 0 bridgehead atoms. The number of hydrogen-bond donors (Lipinski definition) is 1. The van der Waals surface area contributed by atoms with E-state index in [1.807, 2.05) is 59.5 Å². The Morgan fingerprint density at radius 1 is 1.09 bits per heavy atom. The Balaban J connectivity index is 1.28. The second-order valence-electron chi connectivity index (χ2n) is 8.76. The summed E-state index contributed by atoms with van der Waals surface area (Å²) in [6.07, 6.45) is 0. The number of hydrogen-bond acceptors (Lipinski definition) is 7. The van der Waals surface area contributed by atoms with Crippen molar-refractivity contribution in [3.63, 3.8) is 0 Å². The topological polar surface area (TPSA) is 81.9 Å². The first-order valence-corrected chi connectivity index (χ1v) is 12.7. The zero-order valence-electron chi connectivity index (χ0n) is 19.6. The van der Waals surface area contributed by atoms with Gasteiger partial charge < -0.3 is 14.6 Å². The van der Waals surface area contributed by atoms with Gasteiger partial charge in [0.1, 0.15) is 12.4 Å². The molecule has 1 amide bonds. The summed E-state index contributed by atoms with van der Waals surface area (Å²) < 4.78 is 7.72. The van der Waals surface area contributed by atoms with Crippen LogP contribution in [0.15, 0.2) is 65.1 Å². The van der Waals surface area contributed by atoms with Crippen LogP contribution in [-0.4, -0.2) is 31.4 Å². The zero-order valence-corrected chi connectivity index (χ0v) is 21.2. The number of anilines is 1. The lowest BCUT2D eigenvalue weighted by Gasteiger charge is -2.19. The monoisotopic (exact) mass is 493 g/mol. The van der Waals surface area contributed by atoms with Crippen LogP contribution in [0.1, 0.15) is 32.2 Å². The van der Waals surface area contributed by atoms with E-state index in [4.69, 9.17) is 4.74 Å². The molecule has 0 saturated heterocycles. The molecule has 9 heteroatoms. The second kappa shape index (κ2) is 10.4. The molecule has 1 N–H and O–H groups in total. The van der Waals surface area contributed by atoms with Gasteiger partial charge in [0.05, 0.1) is 11.4 Å². The average Bonchev–Trinajstić information content (AvgIpc) is 3.43. The van der Waals surface area contributed by atoms with Gasteiger partial charge in [0.15, 0.2) is 16.1 Å². The average molecular weight is 494 g/mol. The molecule has 2 aromatic heterocycles. The Morgan fingerprint density at radius 3 is 2.53 bits per heavy atom. The SMILES string of the molecule is Cn1c(COc2ccc(C(C)(C)C)cc2)nnc1SCC(=O)Nc1nc(-c2ccccc2)cs1. The highest BCUT2D eigenvalue weighted by Crippen LogP contribution is 2.26. The Morgan fingerprint density at radius 2 is 1.82 bits per heavy atom. The number of amides is 1. The van der Waals surface area contributed by atoms with Crippen LogP contribution in [0.2, 0.25) is 0 Å². The summed E-state index contributed by atoms with van der Waals surface area (Å²) in [6.45, 7) is 6.84. The van der Waals surface area contributed by atoms with Crippen molar-refractivity contribution in [2.45, 2.75) is 37.9 Å². The Bertz CT molecular complexity index is 1240. The third kappa shape index (κ3) is 6.03. The van der Waals surface area contributed by atoms with Crippen LogP contribution in [0.4, 0.5) is 5.13 Å². The van der Waals surface area contributed by atoms with Crippen molar-refractivity contribution in [2.24, 2.45) is 7.05 Å². The summed E-state index contributed by atoms with van der Waals surface area (Å²) in [5, 5.41) is 14.4. The molecule has 0 aliphatic heterocycles. The first-order chi connectivity index (χ1) is 16.3. The van der Waals surface area contributed by atoms with Crippen molar-refractivity contribution in [1.82, 2.24) is 19.7 Å². The summed E-state index contributed by atoms with van der Waals surface area (Å²) in [5.74, 6) is 1.54. The predicted molar refractivity (Wildman–Crippen MR) is 137 cm³/mol. The highest BCUT2D eigenvalue weighted by Gasteiger charge is 2.15. The van der Waals surface area contributed by atoms with Crippen molar-refractivity contribution in [2.75, 3.05) is 11.1 Å². The molecule has 7 nitrogen and oxygen atoms in total. The van der Waals surface area contributed by atoms with E-state index < -0.39 is 0 Å². The molecule has 176 valence electrons. The molecule has 4 rings (SSSR count). The molecule has 2 aromatic carbocycles. The van der Waals surface area contributed by atoms with Crippen molar-refractivity contribution < 1.29 is 9.53 Å². The van der Waals surface area contributed by atoms with Gasteiger partial charge in [-0.3, -0.25) is 4.79 Å². The van der Waals surface area contributed by atoms with Crippen molar-refractivity contribution in [3.8, 4) is 17.0 Å². The molecular formula is C25H27N5O2S2. The maximum absolute atomic E-state index is 12.4. The molecule has 0 atom stereocenters. The van der Waals surface area contributed by atoms with E-state index in [2.05, 4.69) is 53.4 Å². The predicted octanol–water partition coefficient (Wildman–Crippen LogP) is 5.55. The van der Waals surface area contributed by atoms with E-state index in [9.17, 15) is 4.79 Å². The third-order valence-electron chi connectivity index (χ3n) is 5.17. The molecule has 2 heterocycles. The Hall–Kier alpha value is -3.17. The standard InChI is InChI=1S/C25H27N5O2S2/c1-25(2,3)18-10-12-19(13-11-18)32-14-21-28-29-24(30(21)4)34-16-22(31)27-23-26-20(15-33-23)17-8-6-5-7-9-17/h5-13,15H,14,16H2,1-4H3,(H,26,27,31). The third-order valence-corrected chi connectivity index (χ3v) is 6.94. The van der Waals surface area contributed by atoms with Gasteiger partial charge in [0, 0.05) is 18.0 Å². The summed E-state index contributed by atoms with van der Waals surface area (Å²) in [5.41, 5.74) is 3.22. The molecule has 0 aliphatic rings. The molecule has 0 spiro atoms. The molecular weight excluding hydrogens is 466 g/mol. The first-order valence-electron chi connectivity index (χ1n) is 10.8. The lowest BCUT2D eigenvalue weighted by atomic mass is 9.87. The fourth-order valence-electron chi connectivity index (χ4n) is 3.15. The fraction of sp³-hybridized carbons (Fsp3) is 0.280. The van der Waals surface area contributed by atoms with Gasteiger partial charge in [-0.25, -0.2) is 4.98 Å². The largest absolute Gasteiger partial charge is 0.486 e. The van der Waals surface area contributed by atoms with Crippen molar-refractivity contribution in [1.29, 1.82) is 0 Å². The van der Waals surface area contributed by atoms with Gasteiger partial charge >= 0.3 is 0 Å². The lowest BCUT2D eigenvalue weighted by Crippen LogP contribution is -2.14. The van der Waals surface area contributed by atoms with Crippen LogP contribution in [0.25, 0.3) is 11.3 Å². The van der Waals surface area contributed by atoms with E-state index in [1.54, 1.807) is 0 Å². The number of thioether (sulfide) groups is 1. The minimum absolute atomic E-state index is 0.101. The van der Waals surface area contributed by atoms with Gasteiger partial charge in [0.25, 0.3) is 0 Å². The van der Waals surface area contributed by atoms with E-state index in [1.165, 1.54) is 28.7 Å². The van der Waals surface area contributed by atoms with Gasteiger partial charge in [0.2, 0.25) is 5.91 Å². The molecule has 0 radical (unpaired) electrons.